The monoisotopic (exact) mass is 188 g/mol. The molecule has 0 bridgehead atoms. The average Bonchev–Trinajstić information content (AvgIpc) is 2.09. The molecule has 0 aromatic heterocycles. The normalized spacial score (nSPS) is 12.9. The van der Waals surface area contributed by atoms with Crippen LogP contribution in [0.4, 0.5) is 4.39 Å². The van der Waals surface area contributed by atoms with E-state index in [-0.39, 0.29) is 11.7 Å². The summed E-state index contributed by atoms with van der Waals surface area (Å²) in [6, 6.07) is 6.03. The molecule has 1 nitrogen and oxygen atoms in total. The topological polar surface area (TPSA) is 20.2 Å². The van der Waals surface area contributed by atoms with Crippen molar-refractivity contribution >= 4 is 11.6 Å². The number of alkyl halides is 1. The van der Waals surface area contributed by atoms with Crippen LogP contribution in [0, 0.1) is 5.82 Å². The van der Waals surface area contributed by atoms with Crippen molar-refractivity contribution < 1.29 is 9.50 Å². The Morgan fingerprint density at radius 3 is 2.42 bits per heavy atom. The molecule has 66 valence electrons. The Morgan fingerprint density at radius 2 is 1.92 bits per heavy atom. The summed E-state index contributed by atoms with van der Waals surface area (Å²) in [6.45, 7) is 0. The minimum Gasteiger partial charge on any atom is -0.392 e. The zero-order valence-electron chi connectivity index (χ0n) is 6.50. The van der Waals surface area contributed by atoms with Gasteiger partial charge in [-0.2, -0.15) is 0 Å². The van der Waals surface area contributed by atoms with E-state index in [2.05, 4.69) is 0 Å². The Balaban J connectivity index is 2.58. The van der Waals surface area contributed by atoms with Crippen LogP contribution in [-0.2, 0) is 6.42 Å². The summed E-state index contributed by atoms with van der Waals surface area (Å²) in [7, 11) is 0. The van der Waals surface area contributed by atoms with Gasteiger partial charge in [-0.3, -0.25) is 0 Å². The summed E-state index contributed by atoms with van der Waals surface area (Å²) in [4.78, 5) is 0. The first-order chi connectivity index (χ1) is 5.72. The maximum Gasteiger partial charge on any atom is 0.123 e. The lowest BCUT2D eigenvalue weighted by molar-refractivity contribution is 0.198. The second-order valence-corrected chi connectivity index (χ2v) is 2.95. The summed E-state index contributed by atoms with van der Waals surface area (Å²) in [5.74, 6) is -0.0590. The molecule has 0 heterocycles. The Bertz CT molecular complexity index is 235. The summed E-state index contributed by atoms with van der Waals surface area (Å²) < 4.78 is 12.4. The highest BCUT2D eigenvalue weighted by atomic mass is 35.5. The first-order valence-electron chi connectivity index (χ1n) is 3.71. The highest BCUT2D eigenvalue weighted by Crippen LogP contribution is 2.06. The van der Waals surface area contributed by atoms with Crippen molar-refractivity contribution in [3.05, 3.63) is 35.6 Å². The van der Waals surface area contributed by atoms with Gasteiger partial charge in [0.15, 0.2) is 0 Å². The fraction of sp³-hybridized carbons (Fsp3) is 0.333. The second-order valence-electron chi connectivity index (χ2n) is 2.64. The van der Waals surface area contributed by atoms with E-state index in [1.807, 2.05) is 0 Å². The van der Waals surface area contributed by atoms with Gasteiger partial charge in [-0.25, -0.2) is 4.39 Å². The van der Waals surface area contributed by atoms with Crippen molar-refractivity contribution in [1.82, 2.24) is 0 Å². The van der Waals surface area contributed by atoms with Gasteiger partial charge in [-0.05, 0) is 24.1 Å². The van der Waals surface area contributed by atoms with Gasteiger partial charge in [0.1, 0.15) is 5.82 Å². The number of rotatable bonds is 3. The number of aliphatic hydroxyl groups excluding tert-OH is 1. The fourth-order valence-corrected chi connectivity index (χ4v) is 1.06. The van der Waals surface area contributed by atoms with E-state index in [1.165, 1.54) is 12.1 Å². The number of aliphatic hydroxyl groups is 1. The molecule has 3 heteroatoms. The van der Waals surface area contributed by atoms with Crippen LogP contribution in [0.15, 0.2) is 24.3 Å². The highest BCUT2D eigenvalue weighted by Gasteiger charge is 2.02. The predicted molar refractivity (Wildman–Crippen MR) is 46.8 cm³/mol. The molecule has 0 spiro atoms. The number of hydrogen-bond acceptors (Lipinski definition) is 1. The third-order valence-electron chi connectivity index (χ3n) is 1.56. The van der Waals surface area contributed by atoms with Gasteiger partial charge in [0, 0.05) is 5.88 Å². The molecule has 1 atom stereocenters. The second kappa shape index (κ2) is 4.43. The van der Waals surface area contributed by atoms with Gasteiger partial charge >= 0.3 is 0 Å². The van der Waals surface area contributed by atoms with E-state index < -0.39 is 6.10 Å². The van der Waals surface area contributed by atoms with Gasteiger partial charge in [-0.15, -0.1) is 11.6 Å². The fourth-order valence-electron chi connectivity index (χ4n) is 0.947. The van der Waals surface area contributed by atoms with Crippen LogP contribution in [0.25, 0.3) is 0 Å². The third-order valence-corrected chi connectivity index (χ3v) is 1.92. The lowest BCUT2D eigenvalue weighted by Gasteiger charge is -2.05. The molecular weight excluding hydrogens is 179 g/mol. The van der Waals surface area contributed by atoms with Crippen molar-refractivity contribution in [1.29, 1.82) is 0 Å². The lowest BCUT2D eigenvalue weighted by atomic mass is 10.1. The molecule has 0 fully saturated rings. The van der Waals surface area contributed by atoms with Gasteiger partial charge in [0.2, 0.25) is 0 Å². The van der Waals surface area contributed by atoms with Gasteiger partial charge in [0.05, 0.1) is 6.10 Å². The first-order valence-corrected chi connectivity index (χ1v) is 4.24. The quantitative estimate of drug-likeness (QED) is 0.720. The van der Waals surface area contributed by atoms with E-state index in [0.29, 0.717) is 6.42 Å². The van der Waals surface area contributed by atoms with E-state index in [4.69, 9.17) is 16.7 Å². The molecule has 0 saturated heterocycles. The Morgan fingerprint density at radius 1 is 1.33 bits per heavy atom. The molecule has 0 amide bonds. The van der Waals surface area contributed by atoms with Gasteiger partial charge in [0.25, 0.3) is 0 Å². The van der Waals surface area contributed by atoms with Crippen molar-refractivity contribution in [2.75, 3.05) is 5.88 Å². The van der Waals surface area contributed by atoms with Crippen LogP contribution in [-0.4, -0.2) is 17.1 Å². The molecule has 0 aliphatic rings. The number of hydrogen-bond donors (Lipinski definition) is 1. The molecule has 0 radical (unpaired) electrons. The van der Waals surface area contributed by atoms with Crippen molar-refractivity contribution in [2.45, 2.75) is 12.5 Å². The molecule has 12 heavy (non-hydrogen) atoms. The third kappa shape index (κ3) is 2.80. The summed E-state index contributed by atoms with van der Waals surface area (Å²) in [6.07, 6.45) is -0.0684. The van der Waals surface area contributed by atoms with E-state index in [9.17, 15) is 4.39 Å². The summed E-state index contributed by atoms with van der Waals surface area (Å²) >= 11 is 5.41. The van der Waals surface area contributed by atoms with Crippen molar-refractivity contribution in [2.24, 2.45) is 0 Å². The minimum absolute atomic E-state index is 0.206. The molecule has 1 aromatic carbocycles. The van der Waals surface area contributed by atoms with Crippen LogP contribution < -0.4 is 0 Å². The minimum atomic E-state index is -0.544. The van der Waals surface area contributed by atoms with E-state index in [1.54, 1.807) is 12.1 Å². The maximum absolute atomic E-state index is 12.4. The largest absolute Gasteiger partial charge is 0.392 e. The van der Waals surface area contributed by atoms with Crippen LogP contribution in [0.3, 0.4) is 0 Å². The summed E-state index contributed by atoms with van der Waals surface area (Å²) in [5, 5.41) is 9.15. The van der Waals surface area contributed by atoms with E-state index in [0.717, 1.165) is 5.56 Å². The SMILES string of the molecule is OC(CCl)Cc1ccc(F)cc1. The molecule has 0 saturated carbocycles. The van der Waals surface area contributed by atoms with Crippen molar-refractivity contribution in [3.8, 4) is 0 Å². The molecular formula is C9H10ClFO. The Labute approximate surface area is 75.8 Å². The van der Waals surface area contributed by atoms with Crippen LogP contribution in [0.1, 0.15) is 5.56 Å². The molecule has 0 aliphatic heterocycles. The highest BCUT2D eigenvalue weighted by molar-refractivity contribution is 6.18. The lowest BCUT2D eigenvalue weighted by Crippen LogP contribution is -2.11. The first kappa shape index (κ1) is 9.49. The Kier molecular flexibility index (Phi) is 3.50. The standard InChI is InChI=1S/C9H10ClFO/c10-6-9(12)5-7-1-3-8(11)4-2-7/h1-4,9,12H,5-6H2. The van der Waals surface area contributed by atoms with Crippen LogP contribution >= 0.6 is 11.6 Å². The Hall–Kier alpha value is -0.600. The molecule has 0 aliphatic carbocycles. The molecule has 1 rings (SSSR count). The number of halogens is 2. The molecule has 1 aromatic rings. The maximum atomic E-state index is 12.4. The van der Waals surface area contributed by atoms with E-state index >= 15 is 0 Å². The van der Waals surface area contributed by atoms with Crippen LogP contribution in [0.5, 0.6) is 0 Å². The molecule has 1 unspecified atom stereocenters. The average molecular weight is 189 g/mol. The predicted octanol–water partition coefficient (Wildman–Crippen LogP) is 1.97. The zero-order chi connectivity index (χ0) is 8.97. The molecule has 1 N–H and O–H groups in total. The van der Waals surface area contributed by atoms with Gasteiger partial charge in [-0.1, -0.05) is 12.1 Å². The summed E-state index contributed by atoms with van der Waals surface area (Å²) in [5.41, 5.74) is 0.893. The number of benzene rings is 1. The smallest absolute Gasteiger partial charge is 0.123 e. The zero-order valence-corrected chi connectivity index (χ0v) is 7.26. The van der Waals surface area contributed by atoms with Gasteiger partial charge < -0.3 is 5.11 Å². The van der Waals surface area contributed by atoms with Crippen molar-refractivity contribution in [3.63, 3.8) is 0 Å². The van der Waals surface area contributed by atoms with Crippen LogP contribution in [0.2, 0.25) is 0 Å².